The number of rotatable bonds is 4. The highest BCUT2D eigenvalue weighted by atomic mass is 79.9. The summed E-state index contributed by atoms with van der Waals surface area (Å²) in [6.07, 6.45) is 2.31. The van der Waals surface area contributed by atoms with Gasteiger partial charge in [0, 0.05) is 29.0 Å². The van der Waals surface area contributed by atoms with Gasteiger partial charge in [-0.3, -0.25) is 9.59 Å². The minimum atomic E-state index is -0.0952. The molecule has 5 nitrogen and oxygen atoms in total. The molecule has 2 aromatic carbocycles. The summed E-state index contributed by atoms with van der Waals surface area (Å²) in [4.78, 5) is 31.7. The van der Waals surface area contributed by atoms with Crippen molar-refractivity contribution in [2.24, 2.45) is 5.92 Å². The van der Waals surface area contributed by atoms with Crippen LogP contribution in [-0.2, 0) is 11.2 Å². The minimum Gasteiger partial charge on any atom is -0.339 e. The first-order valence-corrected chi connectivity index (χ1v) is 11.4. The standard InChI is InChI=1S/C22H22BrN3O2S/c1-2-14-3-8-18-19(13-14)29-22(24-18)25-20(27)15-9-11-26(12-10-15)21(28)16-4-6-17(23)7-5-16/h3-8,13,15H,2,9-12H2,1H3,(H,24,25,27). The molecule has 4 rings (SSSR count). The molecule has 1 aromatic heterocycles. The van der Waals surface area contributed by atoms with Crippen LogP contribution < -0.4 is 5.32 Å². The Labute approximate surface area is 182 Å². The van der Waals surface area contributed by atoms with Gasteiger partial charge in [-0.1, -0.05) is 40.3 Å². The van der Waals surface area contributed by atoms with Crippen molar-refractivity contribution >= 4 is 54.4 Å². The Hall–Kier alpha value is -2.25. The van der Waals surface area contributed by atoms with E-state index >= 15 is 0 Å². The highest BCUT2D eigenvalue weighted by Gasteiger charge is 2.28. The van der Waals surface area contributed by atoms with Crippen LogP contribution in [0.1, 0.15) is 35.7 Å². The summed E-state index contributed by atoms with van der Waals surface area (Å²) in [7, 11) is 0. The summed E-state index contributed by atoms with van der Waals surface area (Å²) in [6.45, 7) is 3.30. The van der Waals surface area contributed by atoms with Gasteiger partial charge in [0.1, 0.15) is 0 Å². The van der Waals surface area contributed by atoms with Crippen LogP contribution in [0.15, 0.2) is 46.9 Å². The molecule has 2 amide bonds. The number of hydrogen-bond acceptors (Lipinski definition) is 4. The average molecular weight is 472 g/mol. The van der Waals surface area contributed by atoms with E-state index in [1.165, 1.54) is 16.9 Å². The number of carbonyl (C=O) groups excluding carboxylic acids is 2. The van der Waals surface area contributed by atoms with Gasteiger partial charge in [-0.25, -0.2) is 4.98 Å². The van der Waals surface area contributed by atoms with E-state index in [0.29, 0.717) is 36.6 Å². The lowest BCUT2D eigenvalue weighted by atomic mass is 9.95. The SMILES string of the molecule is CCc1ccc2nc(NC(=O)C3CCN(C(=O)c4ccc(Br)cc4)CC3)sc2c1. The number of nitrogens with one attached hydrogen (secondary N) is 1. The molecule has 0 unspecified atom stereocenters. The van der Waals surface area contributed by atoms with Crippen LogP contribution in [0.2, 0.25) is 0 Å². The van der Waals surface area contributed by atoms with Crippen molar-refractivity contribution in [3.05, 3.63) is 58.1 Å². The van der Waals surface area contributed by atoms with Crippen LogP contribution in [0.3, 0.4) is 0 Å². The molecule has 150 valence electrons. The van der Waals surface area contributed by atoms with E-state index in [0.717, 1.165) is 21.1 Å². The van der Waals surface area contributed by atoms with Crippen LogP contribution >= 0.6 is 27.3 Å². The summed E-state index contributed by atoms with van der Waals surface area (Å²) in [5.74, 6) is -0.0769. The quantitative estimate of drug-likeness (QED) is 0.574. The lowest BCUT2D eigenvalue weighted by Crippen LogP contribution is -2.41. The third-order valence-corrected chi connectivity index (χ3v) is 6.80. The molecule has 0 spiro atoms. The fourth-order valence-corrected chi connectivity index (χ4v) is 4.77. The molecule has 2 heterocycles. The fourth-order valence-electron chi connectivity index (χ4n) is 3.57. The van der Waals surface area contributed by atoms with Crippen LogP contribution in [0.25, 0.3) is 10.2 Å². The highest BCUT2D eigenvalue weighted by Crippen LogP contribution is 2.28. The first-order valence-electron chi connectivity index (χ1n) is 9.78. The average Bonchev–Trinajstić information content (AvgIpc) is 3.15. The van der Waals surface area contributed by atoms with Gasteiger partial charge in [0.25, 0.3) is 5.91 Å². The molecule has 0 saturated carbocycles. The maximum atomic E-state index is 12.7. The number of carbonyl (C=O) groups is 2. The summed E-state index contributed by atoms with van der Waals surface area (Å²) in [5.41, 5.74) is 2.86. The largest absolute Gasteiger partial charge is 0.339 e. The van der Waals surface area contributed by atoms with E-state index in [4.69, 9.17) is 0 Å². The van der Waals surface area contributed by atoms with Gasteiger partial charge in [-0.15, -0.1) is 0 Å². The summed E-state index contributed by atoms with van der Waals surface area (Å²) in [6, 6.07) is 13.6. The highest BCUT2D eigenvalue weighted by molar-refractivity contribution is 9.10. The molecule has 1 aliphatic heterocycles. The second kappa shape index (κ2) is 8.63. The normalized spacial score (nSPS) is 14.9. The number of aromatic nitrogens is 1. The van der Waals surface area contributed by atoms with Crippen molar-refractivity contribution < 1.29 is 9.59 Å². The molecule has 0 aliphatic carbocycles. The number of halogens is 1. The van der Waals surface area contributed by atoms with Crippen molar-refractivity contribution in [3.63, 3.8) is 0 Å². The Bertz CT molecular complexity index is 1040. The number of nitrogens with zero attached hydrogens (tertiary/aromatic N) is 2. The maximum absolute atomic E-state index is 12.7. The number of aryl methyl sites for hydroxylation is 1. The third-order valence-electron chi connectivity index (χ3n) is 5.34. The Balaban J connectivity index is 1.35. The van der Waals surface area contributed by atoms with E-state index in [1.54, 1.807) is 0 Å². The molecule has 0 radical (unpaired) electrons. The van der Waals surface area contributed by atoms with Gasteiger partial charge >= 0.3 is 0 Å². The predicted octanol–water partition coefficient (Wildman–Crippen LogP) is 5.11. The Morgan fingerprint density at radius 2 is 1.90 bits per heavy atom. The first kappa shape index (κ1) is 20.0. The van der Waals surface area contributed by atoms with Crippen molar-refractivity contribution in [1.29, 1.82) is 0 Å². The first-order chi connectivity index (χ1) is 14.0. The van der Waals surface area contributed by atoms with Crippen LogP contribution in [-0.4, -0.2) is 34.8 Å². The lowest BCUT2D eigenvalue weighted by Gasteiger charge is -2.31. The molecular weight excluding hydrogens is 450 g/mol. The molecule has 0 bridgehead atoms. The van der Waals surface area contributed by atoms with Crippen molar-refractivity contribution in [1.82, 2.24) is 9.88 Å². The van der Waals surface area contributed by atoms with E-state index in [-0.39, 0.29) is 17.7 Å². The second-order valence-corrected chi connectivity index (χ2v) is 9.18. The Morgan fingerprint density at radius 3 is 2.59 bits per heavy atom. The van der Waals surface area contributed by atoms with Crippen LogP contribution in [0.4, 0.5) is 5.13 Å². The van der Waals surface area contributed by atoms with Crippen LogP contribution in [0.5, 0.6) is 0 Å². The summed E-state index contributed by atoms with van der Waals surface area (Å²) in [5, 5.41) is 3.63. The molecule has 3 aromatic rings. The van der Waals surface area contributed by atoms with Crippen LogP contribution in [0, 0.1) is 5.92 Å². The topological polar surface area (TPSA) is 62.3 Å². The molecule has 29 heavy (non-hydrogen) atoms. The predicted molar refractivity (Wildman–Crippen MR) is 120 cm³/mol. The van der Waals surface area contributed by atoms with Gasteiger partial charge in [0.05, 0.1) is 10.2 Å². The number of likely N-dealkylation sites (tertiary alicyclic amines) is 1. The minimum absolute atomic E-state index is 0.00416. The number of thiazole rings is 1. The zero-order chi connectivity index (χ0) is 20.4. The lowest BCUT2D eigenvalue weighted by molar-refractivity contribution is -0.121. The van der Waals surface area contributed by atoms with Gasteiger partial charge in [-0.05, 0) is 61.2 Å². The second-order valence-electron chi connectivity index (χ2n) is 7.24. The van der Waals surface area contributed by atoms with E-state index in [1.807, 2.05) is 35.2 Å². The smallest absolute Gasteiger partial charge is 0.253 e. The molecule has 1 saturated heterocycles. The number of anilines is 1. The van der Waals surface area contributed by atoms with Gasteiger partial charge < -0.3 is 10.2 Å². The van der Waals surface area contributed by atoms with E-state index in [2.05, 4.69) is 45.3 Å². The molecule has 0 atom stereocenters. The number of piperidine rings is 1. The van der Waals surface area contributed by atoms with Crippen molar-refractivity contribution in [2.45, 2.75) is 26.2 Å². The van der Waals surface area contributed by atoms with Gasteiger partial charge in [0.2, 0.25) is 5.91 Å². The molecule has 7 heteroatoms. The molecule has 1 aliphatic rings. The van der Waals surface area contributed by atoms with Crippen molar-refractivity contribution in [2.75, 3.05) is 18.4 Å². The van der Waals surface area contributed by atoms with E-state index in [9.17, 15) is 9.59 Å². The number of hydrogen-bond donors (Lipinski definition) is 1. The number of amides is 2. The Morgan fingerprint density at radius 1 is 1.17 bits per heavy atom. The monoisotopic (exact) mass is 471 g/mol. The molecule has 1 fully saturated rings. The third kappa shape index (κ3) is 4.51. The van der Waals surface area contributed by atoms with Crippen molar-refractivity contribution in [3.8, 4) is 0 Å². The van der Waals surface area contributed by atoms with Gasteiger partial charge in [0.15, 0.2) is 5.13 Å². The summed E-state index contributed by atoms with van der Waals surface area (Å²) < 4.78 is 2.04. The zero-order valence-electron chi connectivity index (χ0n) is 16.2. The zero-order valence-corrected chi connectivity index (χ0v) is 18.6. The maximum Gasteiger partial charge on any atom is 0.253 e. The Kier molecular flexibility index (Phi) is 5.96. The number of benzene rings is 2. The summed E-state index contributed by atoms with van der Waals surface area (Å²) >= 11 is 4.90. The number of fused-ring (bicyclic) bond motifs is 1. The van der Waals surface area contributed by atoms with Gasteiger partial charge in [-0.2, -0.15) is 0 Å². The molecular formula is C22H22BrN3O2S. The fraction of sp³-hybridized carbons (Fsp3) is 0.318. The molecule has 1 N–H and O–H groups in total. The van der Waals surface area contributed by atoms with E-state index < -0.39 is 0 Å².